The number of amides is 2. The molecule has 2 aromatic heterocycles. The topological polar surface area (TPSA) is 110 Å². The molecule has 3 aromatic carbocycles. The number of carbonyl (C=O) groups excluding carboxylic acids is 2. The second kappa shape index (κ2) is 11.6. The van der Waals surface area contributed by atoms with Crippen LogP contribution in [0.1, 0.15) is 33.2 Å². The second-order valence-electron chi connectivity index (χ2n) is 8.95. The van der Waals surface area contributed by atoms with Crippen LogP contribution in [0.2, 0.25) is 0 Å². The number of nitrogens with zero attached hydrogens (tertiary/aromatic N) is 3. The van der Waals surface area contributed by atoms with Crippen LogP contribution in [0.4, 0.5) is 16.0 Å². The summed E-state index contributed by atoms with van der Waals surface area (Å²) in [5.41, 5.74) is 4.73. The fraction of sp³-hybridized carbons (Fsp3) is 0.133. The van der Waals surface area contributed by atoms with Crippen molar-refractivity contribution >= 4 is 29.1 Å². The summed E-state index contributed by atoms with van der Waals surface area (Å²) >= 11 is 0. The van der Waals surface area contributed by atoms with Crippen molar-refractivity contribution in [2.24, 2.45) is 0 Å². The lowest BCUT2D eigenvalue weighted by molar-refractivity contribution is 0.0944. The zero-order valence-electron chi connectivity index (χ0n) is 21.9. The lowest BCUT2D eigenvalue weighted by Gasteiger charge is -2.10. The van der Waals surface area contributed by atoms with Crippen LogP contribution in [-0.2, 0) is 6.54 Å². The van der Waals surface area contributed by atoms with Gasteiger partial charge in [0.05, 0.1) is 12.8 Å². The number of benzene rings is 3. The van der Waals surface area contributed by atoms with E-state index in [1.807, 2.05) is 37.4 Å². The van der Waals surface area contributed by atoms with Gasteiger partial charge in [0.15, 0.2) is 5.65 Å². The van der Waals surface area contributed by atoms with Crippen molar-refractivity contribution in [2.45, 2.75) is 13.5 Å². The van der Waals surface area contributed by atoms with Crippen molar-refractivity contribution < 1.29 is 18.7 Å². The van der Waals surface area contributed by atoms with E-state index in [4.69, 9.17) is 4.74 Å². The maximum Gasteiger partial charge on any atom is 0.251 e. The van der Waals surface area contributed by atoms with Gasteiger partial charge in [0.1, 0.15) is 11.6 Å². The Labute approximate surface area is 230 Å². The SMILES string of the molecule is CCNC(=O)c1ccc(Nc2nc3ccc(-c4ccc(C(=O)NCc5cccc(F)c5)cc4)cn3n2)c(OC)c1. The molecule has 5 aromatic rings. The Kier molecular flexibility index (Phi) is 7.68. The highest BCUT2D eigenvalue weighted by Crippen LogP contribution is 2.28. The van der Waals surface area contributed by atoms with Gasteiger partial charge in [-0.2, -0.15) is 4.98 Å². The predicted octanol–water partition coefficient (Wildman–Crippen LogP) is 4.97. The largest absolute Gasteiger partial charge is 0.495 e. The van der Waals surface area contributed by atoms with Crippen molar-refractivity contribution in [1.82, 2.24) is 25.2 Å². The fourth-order valence-electron chi connectivity index (χ4n) is 4.17. The van der Waals surface area contributed by atoms with Gasteiger partial charge in [-0.25, -0.2) is 8.91 Å². The standard InChI is InChI=1S/C30H27FN6O3/c1-3-32-29(39)22-11-13-25(26(16-22)40-2)34-30-35-27-14-12-23(18-37(27)36-30)20-7-9-21(10-8-20)28(38)33-17-19-5-4-6-24(31)15-19/h4-16,18H,3,17H2,1-2H3,(H,32,39)(H,33,38)(H,34,36). The van der Waals surface area contributed by atoms with Crippen molar-refractivity contribution in [1.29, 1.82) is 0 Å². The van der Waals surface area contributed by atoms with E-state index in [0.717, 1.165) is 11.1 Å². The van der Waals surface area contributed by atoms with Crippen molar-refractivity contribution in [3.05, 3.63) is 108 Å². The normalized spacial score (nSPS) is 10.8. The number of pyridine rings is 1. The van der Waals surface area contributed by atoms with Gasteiger partial charge in [-0.1, -0.05) is 24.3 Å². The van der Waals surface area contributed by atoms with Crippen LogP contribution in [0.3, 0.4) is 0 Å². The molecule has 0 atom stereocenters. The van der Waals surface area contributed by atoms with E-state index in [9.17, 15) is 14.0 Å². The molecular weight excluding hydrogens is 511 g/mol. The summed E-state index contributed by atoms with van der Waals surface area (Å²) in [4.78, 5) is 29.2. The summed E-state index contributed by atoms with van der Waals surface area (Å²) in [6.07, 6.45) is 1.85. The lowest BCUT2D eigenvalue weighted by atomic mass is 10.1. The van der Waals surface area contributed by atoms with Crippen molar-refractivity contribution in [3.8, 4) is 16.9 Å². The molecule has 0 aliphatic rings. The maximum absolute atomic E-state index is 13.4. The van der Waals surface area contributed by atoms with Gasteiger partial charge in [-0.3, -0.25) is 9.59 Å². The molecule has 0 aliphatic carbocycles. The third-order valence-corrected chi connectivity index (χ3v) is 6.20. The minimum Gasteiger partial charge on any atom is -0.495 e. The number of hydrogen-bond acceptors (Lipinski definition) is 6. The minimum absolute atomic E-state index is 0.178. The average molecular weight is 539 g/mol. The molecule has 2 heterocycles. The van der Waals surface area contributed by atoms with Crippen LogP contribution in [0.25, 0.3) is 16.8 Å². The summed E-state index contributed by atoms with van der Waals surface area (Å²) in [5, 5.41) is 13.3. The fourth-order valence-corrected chi connectivity index (χ4v) is 4.17. The summed E-state index contributed by atoms with van der Waals surface area (Å²) in [5.74, 6) is 0.0980. The molecule has 202 valence electrons. The van der Waals surface area contributed by atoms with Crippen molar-refractivity contribution in [3.63, 3.8) is 0 Å². The number of fused-ring (bicyclic) bond motifs is 1. The summed E-state index contributed by atoms with van der Waals surface area (Å²) in [7, 11) is 1.53. The van der Waals surface area contributed by atoms with Crippen molar-refractivity contribution in [2.75, 3.05) is 19.0 Å². The van der Waals surface area contributed by atoms with E-state index < -0.39 is 0 Å². The molecule has 3 N–H and O–H groups in total. The number of nitrogens with one attached hydrogen (secondary N) is 3. The Morgan fingerprint density at radius 1 is 0.900 bits per heavy atom. The molecule has 0 fully saturated rings. The molecule has 0 spiro atoms. The lowest BCUT2D eigenvalue weighted by Crippen LogP contribution is -2.22. The molecule has 0 aliphatic heterocycles. The van der Waals surface area contributed by atoms with Gasteiger partial charge in [0.25, 0.3) is 11.8 Å². The van der Waals surface area contributed by atoms with Gasteiger partial charge < -0.3 is 20.7 Å². The predicted molar refractivity (Wildman–Crippen MR) is 150 cm³/mol. The Balaban J connectivity index is 1.28. The van der Waals surface area contributed by atoms with Gasteiger partial charge in [-0.15, -0.1) is 5.10 Å². The maximum atomic E-state index is 13.4. The summed E-state index contributed by atoms with van der Waals surface area (Å²) < 4.78 is 20.5. The first-order chi connectivity index (χ1) is 19.4. The third kappa shape index (κ3) is 5.91. The zero-order chi connectivity index (χ0) is 28.1. The highest BCUT2D eigenvalue weighted by molar-refractivity contribution is 5.95. The summed E-state index contributed by atoms with van der Waals surface area (Å²) in [6.45, 7) is 2.63. The molecule has 5 rings (SSSR count). The van der Waals surface area contributed by atoms with Gasteiger partial charge in [0, 0.05) is 36.0 Å². The van der Waals surface area contributed by atoms with E-state index in [1.54, 1.807) is 47.0 Å². The van der Waals surface area contributed by atoms with Crippen LogP contribution in [0.15, 0.2) is 85.1 Å². The van der Waals surface area contributed by atoms with Crippen LogP contribution in [-0.4, -0.2) is 40.1 Å². The number of carbonyl (C=O) groups is 2. The highest BCUT2D eigenvalue weighted by atomic mass is 19.1. The Hall–Kier alpha value is -5.25. The molecule has 0 saturated carbocycles. The number of hydrogen-bond donors (Lipinski definition) is 3. The van der Waals surface area contributed by atoms with E-state index in [1.165, 1.54) is 19.2 Å². The molecule has 9 nitrogen and oxygen atoms in total. The van der Waals surface area contributed by atoms with Gasteiger partial charge >= 0.3 is 0 Å². The van der Waals surface area contributed by atoms with Gasteiger partial charge in [0.2, 0.25) is 5.95 Å². The molecule has 0 radical (unpaired) electrons. The minimum atomic E-state index is -0.338. The Morgan fingerprint density at radius 2 is 1.65 bits per heavy atom. The van der Waals surface area contributed by atoms with E-state index in [2.05, 4.69) is 26.0 Å². The quantitative estimate of drug-likeness (QED) is 0.245. The van der Waals surface area contributed by atoms with E-state index in [-0.39, 0.29) is 24.2 Å². The number of aromatic nitrogens is 3. The number of anilines is 2. The number of methoxy groups -OCH3 is 1. The molecule has 0 saturated heterocycles. The number of ether oxygens (including phenoxy) is 1. The first-order valence-corrected chi connectivity index (χ1v) is 12.7. The van der Waals surface area contributed by atoms with Crippen LogP contribution >= 0.6 is 0 Å². The van der Waals surface area contributed by atoms with E-state index in [0.29, 0.717) is 46.3 Å². The molecule has 0 unspecified atom stereocenters. The van der Waals surface area contributed by atoms with Crippen LogP contribution < -0.4 is 20.7 Å². The molecule has 0 bridgehead atoms. The first kappa shape index (κ1) is 26.4. The molecular formula is C30H27FN6O3. The van der Waals surface area contributed by atoms with E-state index >= 15 is 0 Å². The molecule has 40 heavy (non-hydrogen) atoms. The molecule has 2 amide bonds. The second-order valence-corrected chi connectivity index (χ2v) is 8.95. The Bertz CT molecular complexity index is 1680. The average Bonchev–Trinajstić information content (AvgIpc) is 3.38. The Morgan fingerprint density at radius 3 is 2.40 bits per heavy atom. The number of halogens is 1. The van der Waals surface area contributed by atoms with Crippen LogP contribution in [0, 0.1) is 5.82 Å². The number of rotatable bonds is 9. The summed E-state index contributed by atoms with van der Waals surface area (Å²) in [6, 6.07) is 22.2. The highest BCUT2D eigenvalue weighted by Gasteiger charge is 2.13. The van der Waals surface area contributed by atoms with Gasteiger partial charge in [-0.05, 0) is 72.6 Å². The first-order valence-electron chi connectivity index (χ1n) is 12.7. The molecule has 10 heteroatoms. The monoisotopic (exact) mass is 538 g/mol. The smallest absolute Gasteiger partial charge is 0.251 e. The third-order valence-electron chi connectivity index (χ3n) is 6.20. The zero-order valence-corrected chi connectivity index (χ0v) is 21.9. The van der Waals surface area contributed by atoms with Crippen LogP contribution in [0.5, 0.6) is 5.75 Å².